The van der Waals surface area contributed by atoms with Crippen LogP contribution < -0.4 is 14.8 Å². The molecule has 0 saturated carbocycles. The number of amides is 2. The van der Waals surface area contributed by atoms with E-state index < -0.39 is 17.6 Å². The highest BCUT2D eigenvalue weighted by Crippen LogP contribution is 2.34. The lowest BCUT2D eigenvalue weighted by molar-refractivity contribution is -0.130. The average molecular weight is 460 g/mol. The molecule has 1 saturated heterocycles. The van der Waals surface area contributed by atoms with Crippen LogP contribution in [0.15, 0.2) is 60.8 Å². The first-order valence-electron chi connectivity index (χ1n) is 10.8. The number of ketones is 1. The Labute approximate surface area is 196 Å². The number of rotatable bonds is 8. The predicted octanol–water partition coefficient (Wildman–Crippen LogP) is 4.55. The molecule has 2 amide bonds. The van der Waals surface area contributed by atoms with Crippen molar-refractivity contribution in [1.29, 1.82) is 0 Å². The number of benzene rings is 2. The molecule has 3 aromatic rings. The van der Waals surface area contributed by atoms with Crippen molar-refractivity contribution in [3.05, 3.63) is 83.0 Å². The lowest BCUT2D eigenvalue weighted by Crippen LogP contribution is -2.33. The van der Waals surface area contributed by atoms with Gasteiger partial charge in [0.2, 0.25) is 11.5 Å². The van der Waals surface area contributed by atoms with Crippen molar-refractivity contribution in [1.82, 2.24) is 10.3 Å². The van der Waals surface area contributed by atoms with Gasteiger partial charge in [-0.1, -0.05) is 25.5 Å². The van der Waals surface area contributed by atoms with Crippen molar-refractivity contribution in [2.75, 3.05) is 7.11 Å². The third-order valence-electron chi connectivity index (χ3n) is 5.61. The van der Waals surface area contributed by atoms with E-state index in [0.717, 1.165) is 12.0 Å². The zero-order valence-electron chi connectivity index (χ0n) is 19.1. The summed E-state index contributed by atoms with van der Waals surface area (Å²) < 4.78 is 16.4. The molecule has 0 aliphatic carbocycles. The van der Waals surface area contributed by atoms with Crippen LogP contribution in [0.3, 0.4) is 0 Å². The number of aromatic nitrogens is 1. The molecule has 34 heavy (non-hydrogen) atoms. The molecule has 0 unspecified atom stereocenters. The van der Waals surface area contributed by atoms with Crippen LogP contribution in [0.4, 0.5) is 4.79 Å². The molecule has 0 bridgehead atoms. The van der Waals surface area contributed by atoms with Crippen molar-refractivity contribution in [3.8, 4) is 17.4 Å². The van der Waals surface area contributed by atoms with E-state index in [2.05, 4.69) is 10.3 Å². The average Bonchev–Trinajstić information content (AvgIpc) is 3.12. The van der Waals surface area contributed by atoms with Gasteiger partial charge in [-0.3, -0.25) is 14.9 Å². The Morgan fingerprint density at radius 1 is 1.09 bits per heavy atom. The lowest BCUT2D eigenvalue weighted by atomic mass is 9.95. The zero-order valence-corrected chi connectivity index (χ0v) is 19.1. The number of hydrogen-bond acceptors (Lipinski definition) is 7. The van der Waals surface area contributed by atoms with Crippen molar-refractivity contribution in [2.45, 2.75) is 32.3 Å². The molecular formula is C26H24N2O6. The molecule has 2 aromatic carbocycles. The Hall–Kier alpha value is -4.20. The van der Waals surface area contributed by atoms with Gasteiger partial charge < -0.3 is 14.2 Å². The summed E-state index contributed by atoms with van der Waals surface area (Å²) in [5, 5.41) is 2.15. The normalized spacial score (nSPS) is 17.1. The molecule has 174 valence electrons. The van der Waals surface area contributed by atoms with Gasteiger partial charge in [-0.05, 0) is 55.3 Å². The van der Waals surface area contributed by atoms with Crippen LogP contribution in [0.1, 0.15) is 47.3 Å². The molecule has 1 aromatic heterocycles. The number of carbonyl (C=O) groups excluding carboxylic acids is 3. The monoisotopic (exact) mass is 460 g/mol. The highest BCUT2D eigenvalue weighted by molar-refractivity contribution is 6.09. The number of aryl methyl sites for hydroxylation is 1. The molecule has 0 spiro atoms. The number of pyridine rings is 1. The summed E-state index contributed by atoms with van der Waals surface area (Å²) in [6.45, 7) is 3.57. The number of nitrogens with one attached hydrogen (secondary N) is 1. The van der Waals surface area contributed by atoms with E-state index in [4.69, 9.17) is 14.2 Å². The highest BCUT2D eigenvalue weighted by Gasteiger charge is 2.46. The molecule has 8 nitrogen and oxygen atoms in total. The first-order chi connectivity index (χ1) is 16.3. The molecule has 4 rings (SSSR count). The summed E-state index contributed by atoms with van der Waals surface area (Å²) in [6.07, 6.45) is 2.26. The molecule has 0 radical (unpaired) electrons. The van der Waals surface area contributed by atoms with Gasteiger partial charge in [0.25, 0.3) is 5.91 Å². The van der Waals surface area contributed by atoms with Gasteiger partial charge >= 0.3 is 6.09 Å². The van der Waals surface area contributed by atoms with Crippen LogP contribution in [0, 0.1) is 0 Å². The van der Waals surface area contributed by atoms with E-state index in [-0.39, 0.29) is 5.78 Å². The summed E-state index contributed by atoms with van der Waals surface area (Å²) in [5.41, 5.74) is 0.923. The standard InChI is InChI=1S/C26H24N2O6/c1-4-6-16-13-17(23(29)18-10-12-22(32-3)27-15-18)9-11-21(16)33-20-8-5-7-19(14-20)26(2)24(30)28-25(31)34-26/h5,7-15H,4,6H2,1-3H3,(H,28,30,31)/t26-/m1/s1. The molecule has 1 aliphatic heterocycles. The molecule has 2 heterocycles. The van der Waals surface area contributed by atoms with Crippen molar-refractivity contribution < 1.29 is 28.6 Å². The molecule has 1 atom stereocenters. The van der Waals surface area contributed by atoms with E-state index in [1.165, 1.54) is 20.2 Å². The maximum absolute atomic E-state index is 13.0. The second-order valence-corrected chi connectivity index (χ2v) is 8.00. The minimum atomic E-state index is -1.43. The fraction of sp³-hybridized carbons (Fsp3) is 0.231. The van der Waals surface area contributed by atoms with Crippen LogP contribution >= 0.6 is 0 Å². The van der Waals surface area contributed by atoms with E-state index >= 15 is 0 Å². The largest absolute Gasteiger partial charge is 0.481 e. The van der Waals surface area contributed by atoms with E-state index in [0.29, 0.717) is 40.5 Å². The van der Waals surface area contributed by atoms with Gasteiger partial charge in [-0.25, -0.2) is 9.78 Å². The third-order valence-corrected chi connectivity index (χ3v) is 5.61. The van der Waals surface area contributed by atoms with Gasteiger partial charge in [0.05, 0.1) is 7.11 Å². The smallest absolute Gasteiger partial charge is 0.415 e. The number of cyclic esters (lactones) is 1. The predicted molar refractivity (Wildman–Crippen MR) is 123 cm³/mol. The first kappa shape index (κ1) is 23.0. The van der Waals surface area contributed by atoms with Crippen LogP contribution in [0.5, 0.6) is 17.4 Å². The number of ether oxygens (including phenoxy) is 3. The SMILES string of the molecule is CCCc1cc(C(=O)c2ccc(OC)nc2)ccc1Oc1cccc([C@@]2(C)OC(=O)NC2=O)c1. The number of imide groups is 1. The van der Waals surface area contributed by atoms with Gasteiger partial charge in [0, 0.05) is 29.0 Å². The summed E-state index contributed by atoms with van der Waals surface area (Å²) in [7, 11) is 1.52. The Balaban J connectivity index is 1.61. The Morgan fingerprint density at radius 3 is 2.53 bits per heavy atom. The maximum Gasteiger partial charge on any atom is 0.415 e. The number of hydrogen-bond donors (Lipinski definition) is 1. The lowest BCUT2D eigenvalue weighted by Gasteiger charge is -2.20. The number of methoxy groups -OCH3 is 1. The number of nitrogens with zero attached hydrogens (tertiary/aromatic N) is 1. The summed E-state index contributed by atoms with van der Waals surface area (Å²) in [6, 6.07) is 15.4. The van der Waals surface area contributed by atoms with E-state index in [9.17, 15) is 14.4 Å². The van der Waals surface area contributed by atoms with Gasteiger partial charge in [-0.2, -0.15) is 0 Å². The topological polar surface area (TPSA) is 104 Å². The summed E-state index contributed by atoms with van der Waals surface area (Å²) in [4.78, 5) is 40.8. The minimum absolute atomic E-state index is 0.150. The Bertz CT molecular complexity index is 1250. The van der Waals surface area contributed by atoms with Crippen molar-refractivity contribution >= 4 is 17.8 Å². The third kappa shape index (κ3) is 4.47. The number of carbonyl (C=O) groups is 3. The fourth-order valence-corrected chi connectivity index (χ4v) is 3.73. The van der Waals surface area contributed by atoms with Gasteiger partial charge in [0.1, 0.15) is 11.5 Å². The maximum atomic E-state index is 13.0. The fourth-order valence-electron chi connectivity index (χ4n) is 3.73. The van der Waals surface area contributed by atoms with Crippen LogP contribution in [-0.4, -0.2) is 29.9 Å². The Morgan fingerprint density at radius 2 is 1.88 bits per heavy atom. The van der Waals surface area contributed by atoms with Crippen molar-refractivity contribution in [2.24, 2.45) is 0 Å². The molecule has 1 aliphatic rings. The van der Waals surface area contributed by atoms with E-state index in [1.807, 2.05) is 13.0 Å². The second kappa shape index (κ2) is 9.35. The van der Waals surface area contributed by atoms with Crippen LogP contribution in [0.25, 0.3) is 0 Å². The Kier molecular flexibility index (Phi) is 6.32. The minimum Gasteiger partial charge on any atom is -0.481 e. The molecular weight excluding hydrogens is 436 g/mol. The molecule has 1 N–H and O–H groups in total. The second-order valence-electron chi connectivity index (χ2n) is 8.00. The van der Waals surface area contributed by atoms with Crippen molar-refractivity contribution in [3.63, 3.8) is 0 Å². The first-order valence-corrected chi connectivity index (χ1v) is 10.8. The molecule has 8 heteroatoms. The highest BCUT2D eigenvalue weighted by atomic mass is 16.6. The van der Waals surface area contributed by atoms with E-state index in [1.54, 1.807) is 48.5 Å². The molecule has 1 fully saturated rings. The van der Waals surface area contributed by atoms with Crippen LogP contribution in [-0.2, 0) is 21.6 Å². The number of alkyl carbamates (subject to hydrolysis) is 1. The van der Waals surface area contributed by atoms with Crippen LogP contribution in [0.2, 0.25) is 0 Å². The van der Waals surface area contributed by atoms with Gasteiger partial charge in [-0.15, -0.1) is 0 Å². The zero-order chi connectivity index (χ0) is 24.3. The quantitative estimate of drug-likeness (QED) is 0.492. The summed E-state index contributed by atoms with van der Waals surface area (Å²) >= 11 is 0. The summed E-state index contributed by atoms with van der Waals surface area (Å²) in [5.74, 6) is 0.833. The van der Waals surface area contributed by atoms with Gasteiger partial charge in [0.15, 0.2) is 5.78 Å².